The summed E-state index contributed by atoms with van der Waals surface area (Å²) in [6, 6.07) is 6.46. The minimum atomic E-state index is -0.484. The Balaban J connectivity index is 2.65. The van der Waals surface area contributed by atoms with Crippen molar-refractivity contribution in [1.29, 1.82) is 0 Å². The molecular weight excluding hydrogens is 250 g/mol. The van der Waals surface area contributed by atoms with E-state index in [1.807, 2.05) is 13.8 Å². The summed E-state index contributed by atoms with van der Waals surface area (Å²) < 4.78 is 0. The molecule has 0 aliphatic carbocycles. The van der Waals surface area contributed by atoms with E-state index in [1.54, 1.807) is 11.8 Å². The number of hydrogen-bond acceptors (Lipinski definition) is 2. The molecule has 0 saturated heterocycles. The Hall–Kier alpha value is -1.35. The smallest absolute Gasteiger partial charge is 0.223 e. The van der Waals surface area contributed by atoms with Crippen LogP contribution in [0.4, 0.5) is 0 Å². The highest BCUT2D eigenvalue weighted by Crippen LogP contribution is 2.14. The van der Waals surface area contributed by atoms with Crippen molar-refractivity contribution >= 4 is 5.91 Å². The van der Waals surface area contributed by atoms with Gasteiger partial charge in [0.05, 0.1) is 6.10 Å². The zero-order chi connectivity index (χ0) is 15.3. The summed E-state index contributed by atoms with van der Waals surface area (Å²) in [4.78, 5) is 14.0. The molecule has 0 heterocycles. The van der Waals surface area contributed by atoms with E-state index in [1.165, 1.54) is 16.7 Å². The number of carbonyl (C=O) groups excluding carboxylic acids is 1. The number of aliphatic hydroxyl groups excluding tert-OH is 1. The molecule has 112 valence electrons. The van der Waals surface area contributed by atoms with Gasteiger partial charge in [0.25, 0.3) is 0 Å². The predicted molar refractivity (Wildman–Crippen MR) is 82.8 cm³/mol. The van der Waals surface area contributed by atoms with E-state index >= 15 is 0 Å². The van der Waals surface area contributed by atoms with E-state index in [0.29, 0.717) is 13.0 Å². The van der Waals surface area contributed by atoms with E-state index in [2.05, 4.69) is 32.0 Å². The Morgan fingerprint density at radius 3 is 2.40 bits per heavy atom. The van der Waals surface area contributed by atoms with E-state index in [4.69, 9.17) is 0 Å². The molecule has 3 nitrogen and oxygen atoms in total. The Morgan fingerprint density at radius 2 is 1.90 bits per heavy atom. The lowest BCUT2D eigenvalue weighted by Gasteiger charge is -2.28. The molecule has 1 N–H and O–H groups in total. The van der Waals surface area contributed by atoms with Crippen molar-refractivity contribution < 1.29 is 9.90 Å². The molecule has 1 amide bonds. The van der Waals surface area contributed by atoms with Crippen LogP contribution in [-0.2, 0) is 11.2 Å². The first kappa shape index (κ1) is 16.7. The van der Waals surface area contributed by atoms with Gasteiger partial charge in [-0.15, -0.1) is 0 Å². The van der Waals surface area contributed by atoms with Gasteiger partial charge in [0, 0.05) is 19.0 Å². The third-order valence-corrected chi connectivity index (χ3v) is 3.51. The summed E-state index contributed by atoms with van der Waals surface area (Å²) in [5.74, 6) is 0.112. The lowest BCUT2D eigenvalue weighted by Crippen LogP contribution is -2.41. The van der Waals surface area contributed by atoms with Gasteiger partial charge in [0.15, 0.2) is 0 Å². The second-order valence-corrected chi connectivity index (χ2v) is 5.92. The summed E-state index contributed by atoms with van der Waals surface area (Å²) in [6.45, 7) is 10.2. The maximum atomic E-state index is 12.3. The zero-order valence-corrected chi connectivity index (χ0v) is 13.3. The largest absolute Gasteiger partial charge is 0.392 e. The lowest BCUT2D eigenvalue weighted by molar-refractivity contribution is -0.134. The standard InChI is InChI=1S/C17H27NO2/c1-12(2)18(11-15(5)19)17(20)9-8-16-7-6-13(3)10-14(16)4/h6-7,10,12,15,19H,8-9,11H2,1-5H3. The first-order valence-corrected chi connectivity index (χ1v) is 7.35. The summed E-state index contributed by atoms with van der Waals surface area (Å²) in [5.41, 5.74) is 3.71. The van der Waals surface area contributed by atoms with Crippen molar-refractivity contribution in [2.24, 2.45) is 0 Å². The highest BCUT2D eigenvalue weighted by Gasteiger charge is 2.18. The number of aliphatic hydroxyl groups is 1. The van der Waals surface area contributed by atoms with Crippen LogP contribution in [0.2, 0.25) is 0 Å². The molecule has 1 unspecified atom stereocenters. The number of hydrogen-bond donors (Lipinski definition) is 1. The number of benzene rings is 1. The van der Waals surface area contributed by atoms with Gasteiger partial charge in [0.2, 0.25) is 5.91 Å². The van der Waals surface area contributed by atoms with Crippen LogP contribution in [0.1, 0.15) is 43.9 Å². The Kier molecular flexibility index (Phi) is 6.21. The van der Waals surface area contributed by atoms with Gasteiger partial charge >= 0.3 is 0 Å². The molecule has 20 heavy (non-hydrogen) atoms. The molecule has 0 aromatic heterocycles. The molecule has 0 aliphatic heterocycles. The Morgan fingerprint density at radius 1 is 1.25 bits per heavy atom. The summed E-state index contributed by atoms with van der Waals surface area (Å²) >= 11 is 0. The van der Waals surface area contributed by atoms with E-state index in [9.17, 15) is 9.90 Å². The average Bonchev–Trinajstić information content (AvgIpc) is 2.34. The molecule has 1 rings (SSSR count). The fourth-order valence-corrected chi connectivity index (χ4v) is 2.40. The molecule has 1 atom stereocenters. The van der Waals surface area contributed by atoms with Crippen molar-refractivity contribution in [3.05, 3.63) is 34.9 Å². The maximum absolute atomic E-state index is 12.3. The van der Waals surface area contributed by atoms with Gasteiger partial charge in [-0.25, -0.2) is 0 Å². The lowest BCUT2D eigenvalue weighted by atomic mass is 10.0. The van der Waals surface area contributed by atoms with Crippen LogP contribution in [-0.4, -0.2) is 34.6 Å². The van der Waals surface area contributed by atoms with Crippen LogP contribution in [0, 0.1) is 13.8 Å². The summed E-state index contributed by atoms with van der Waals surface area (Å²) in [7, 11) is 0. The quantitative estimate of drug-likeness (QED) is 0.868. The molecular formula is C17H27NO2. The predicted octanol–water partition coefficient (Wildman–Crippen LogP) is 2.85. The van der Waals surface area contributed by atoms with Crippen LogP contribution >= 0.6 is 0 Å². The van der Waals surface area contributed by atoms with Crippen LogP contribution in [0.15, 0.2) is 18.2 Å². The third kappa shape index (κ3) is 4.97. The monoisotopic (exact) mass is 277 g/mol. The van der Waals surface area contributed by atoms with Crippen LogP contribution in [0.5, 0.6) is 0 Å². The second-order valence-electron chi connectivity index (χ2n) is 5.92. The number of aryl methyl sites for hydroxylation is 3. The van der Waals surface area contributed by atoms with Gasteiger partial charge in [0.1, 0.15) is 0 Å². The highest BCUT2D eigenvalue weighted by molar-refractivity contribution is 5.76. The molecule has 0 bridgehead atoms. The SMILES string of the molecule is Cc1ccc(CCC(=O)N(CC(C)O)C(C)C)c(C)c1. The second kappa shape index (κ2) is 7.44. The molecule has 0 saturated carbocycles. The van der Waals surface area contributed by atoms with Crippen molar-refractivity contribution in [3.8, 4) is 0 Å². The topological polar surface area (TPSA) is 40.5 Å². The first-order chi connectivity index (χ1) is 9.31. The van der Waals surface area contributed by atoms with Crippen molar-refractivity contribution in [1.82, 2.24) is 4.90 Å². The van der Waals surface area contributed by atoms with Gasteiger partial charge in [-0.2, -0.15) is 0 Å². The fraction of sp³-hybridized carbons (Fsp3) is 0.588. The Bertz CT molecular complexity index is 452. The van der Waals surface area contributed by atoms with Crippen molar-refractivity contribution in [2.75, 3.05) is 6.54 Å². The minimum Gasteiger partial charge on any atom is -0.392 e. The van der Waals surface area contributed by atoms with Crippen LogP contribution in [0.3, 0.4) is 0 Å². The van der Waals surface area contributed by atoms with Crippen molar-refractivity contribution in [3.63, 3.8) is 0 Å². The highest BCUT2D eigenvalue weighted by atomic mass is 16.3. The van der Waals surface area contributed by atoms with Crippen LogP contribution in [0.25, 0.3) is 0 Å². The van der Waals surface area contributed by atoms with Gasteiger partial charge in [-0.1, -0.05) is 23.8 Å². The Labute approximate surface area is 122 Å². The summed E-state index contributed by atoms with van der Waals surface area (Å²) in [5, 5.41) is 9.49. The average molecular weight is 277 g/mol. The fourth-order valence-electron chi connectivity index (χ4n) is 2.40. The minimum absolute atomic E-state index is 0.112. The molecule has 0 fully saturated rings. The van der Waals surface area contributed by atoms with Gasteiger partial charge in [-0.3, -0.25) is 4.79 Å². The van der Waals surface area contributed by atoms with E-state index in [0.717, 1.165) is 6.42 Å². The van der Waals surface area contributed by atoms with Crippen LogP contribution < -0.4 is 0 Å². The zero-order valence-electron chi connectivity index (χ0n) is 13.3. The number of rotatable bonds is 6. The number of amides is 1. The molecule has 0 aliphatic rings. The summed E-state index contributed by atoms with van der Waals surface area (Å²) in [6.07, 6.45) is 0.769. The third-order valence-electron chi connectivity index (χ3n) is 3.51. The molecule has 0 radical (unpaired) electrons. The maximum Gasteiger partial charge on any atom is 0.223 e. The van der Waals surface area contributed by atoms with E-state index < -0.39 is 6.10 Å². The molecule has 1 aromatic rings. The molecule has 3 heteroatoms. The van der Waals surface area contributed by atoms with Gasteiger partial charge in [-0.05, 0) is 52.2 Å². The first-order valence-electron chi connectivity index (χ1n) is 7.35. The number of nitrogens with zero attached hydrogens (tertiary/aromatic N) is 1. The number of carbonyl (C=O) groups is 1. The van der Waals surface area contributed by atoms with Gasteiger partial charge < -0.3 is 10.0 Å². The van der Waals surface area contributed by atoms with Crippen molar-refractivity contribution in [2.45, 2.75) is 59.6 Å². The molecule has 0 spiro atoms. The molecule has 1 aromatic carbocycles. The van der Waals surface area contributed by atoms with E-state index in [-0.39, 0.29) is 11.9 Å². The normalized spacial score (nSPS) is 12.6.